The highest BCUT2D eigenvalue weighted by Crippen LogP contribution is 2.32. The predicted molar refractivity (Wildman–Crippen MR) is 115 cm³/mol. The van der Waals surface area contributed by atoms with Crippen LogP contribution in [0.2, 0.25) is 0 Å². The van der Waals surface area contributed by atoms with Crippen LogP contribution >= 0.6 is 0 Å². The summed E-state index contributed by atoms with van der Waals surface area (Å²) >= 11 is 0. The van der Waals surface area contributed by atoms with Crippen molar-refractivity contribution in [3.05, 3.63) is 101 Å². The van der Waals surface area contributed by atoms with Crippen molar-refractivity contribution in [2.75, 3.05) is 11.9 Å². The summed E-state index contributed by atoms with van der Waals surface area (Å²) < 4.78 is 19.8. The first-order valence-corrected chi connectivity index (χ1v) is 9.60. The van der Waals surface area contributed by atoms with Crippen molar-refractivity contribution in [1.82, 2.24) is 0 Å². The van der Waals surface area contributed by atoms with Crippen LogP contribution in [0, 0.1) is 19.7 Å². The van der Waals surface area contributed by atoms with E-state index in [4.69, 9.17) is 4.42 Å². The van der Waals surface area contributed by atoms with Crippen molar-refractivity contribution < 1.29 is 18.4 Å². The zero-order valence-corrected chi connectivity index (χ0v) is 16.7. The van der Waals surface area contributed by atoms with Gasteiger partial charge in [0.1, 0.15) is 11.4 Å². The van der Waals surface area contributed by atoms with Crippen molar-refractivity contribution in [1.29, 1.82) is 0 Å². The number of rotatable bonds is 6. The molecular weight excluding hydrogens is 381 g/mol. The molecule has 0 spiro atoms. The van der Waals surface area contributed by atoms with Crippen LogP contribution in [0.5, 0.6) is 0 Å². The molecule has 0 saturated heterocycles. The van der Waals surface area contributed by atoms with Crippen LogP contribution in [-0.2, 0) is 0 Å². The van der Waals surface area contributed by atoms with Gasteiger partial charge in [-0.05, 0) is 37.6 Å². The molecule has 1 heterocycles. The summed E-state index contributed by atoms with van der Waals surface area (Å²) in [7, 11) is 0. The number of hydrogen-bond acceptors (Lipinski definition) is 4. The van der Waals surface area contributed by atoms with Crippen LogP contribution in [0.15, 0.2) is 71.1 Å². The number of anilines is 1. The fraction of sp³-hybridized carbons (Fsp3) is 0.120. The molecule has 0 aliphatic heterocycles. The lowest BCUT2D eigenvalue weighted by molar-refractivity contribution is 0.0997. The number of furan rings is 1. The third-order valence-corrected chi connectivity index (χ3v) is 5.03. The number of nitrogens with one attached hydrogen (secondary N) is 1. The lowest BCUT2D eigenvalue weighted by Gasteiger charge is -2.07. The number of Topliss-reactive ketones (excluding diaryl/α,β-unsaturated/α-hetero) is 1. The molecule has 0 fully saturated rings. The Morgan fingerprint density at radius 1 is 0.933 bits per heavy atom. The minimum atomic E-state index is -0.457. The van der Waals surface area contributed by atoms with Crippen LogP contribution in [-0.4, -0.2) is 18.1 Å². The third-order valence-electron chi connectivity index (χ3n) is 5.03. The summed E-state index contributed by atoms with van der Waals surface area (Å²) in [6, 6.07) is 18.8. The first-order chi connectivity index (χ1) is 14.4. The predicted octanol–water partition coefficient (Wildman–Crippen LogP) is 5.71. The van der Waals surface area contributed by atoms with Gasteiger partial charge in [-0.1, -0.05) is 54.1 Å². The van der Waals surface area contributed by atoms with Crippen molar-refractivity contribution in [2.24, 2.45) is 0 Å². The van der Waals surface area contributed by atoms with E-state index in [1.54, 1.807) is 43.3 Å². The van der Waals surface area contributed by atoms with Gasteiger partial charge >= 0.3 is 0 Å². The average Bonchev–Trinajstić information content (AvgIpc) is 3.12. The Balaban J connectivity index is 1.68. The Morgan fingerprint density at radius 3 is 2.37 bits per heavy atom. The van der Waals surface area contributed by atoms with Gasteiger partial charge in [0.05, 0.1) is 12.2 Å². The normalized spacial score (nSPS) is 10.9. The van der Waals surface area contributed by atoms with Crippen LogP contribution in [0.1, 0.15) is 37.6 Å². The number of halogens is 1. The summed E-state index contributed by atoms with van der Waals surface area (Å²) in [4.78, 5) is 25.7. The summed E-state index contributed by atoms with van der Waals surface area (Å²) in [5, 5.41) is 3.75. The molecule has 0 amide bonds. The summed E-state index contributed by atoms with van der Waals surface area (Å²) in [5.74, 6) is -0.965. The average molecular weight is 401 g/mol. The van der Waals surface area contributed by atoms with Crippen molar-refractivity contribution in [2.45, 2.75) is 13.8 Å². The summed E-state index contributed by atoms with van der Waals surface area (Å²) in [6.45, 7) is 3.58. The molecule has 1 aromatic heterocycles. The van der Waals surface area contributed by atoms with E-state index in [0.29, 0.717) is 27.8 Å². The fourth-order valence-electron chi connectivity index (χ4n) is 3.26. The molecule has 1 N–H and O–H groups in total. The van der Waals surface area contributed by atoms with Gasteiger partial charge in [0.25, 0.3) is 0 Å². The first kappa shape index (κ1) is 19.6. The highest BCUT2D eigenvalue weighted by atomic mass is 19.1. The molecule has 0 aliphatic carbocycles. The topological polar surface area (TPSA) is 59.3 Å². The van der Waals surface area contributed by atoms with Crippen LogP contribution < -0.4 is 5.32 Å². The minimum Gasteiger partial charge on any atom is -0.450 e. The Bertz CT molecular complexity index is 1260. The fourth-order valence-corrected chi connectivity index (χ4v) is 3.26. The number of carbonyl (C=O) groups is 2. The van der Waals surface area contributed by atoms with E-state index < -0.39 is 11.6 Å². The molecule has 0 atom stereocenters. The first-order valence-electron chi connectivity index (χ1n) is 9.60. The van der Waals surface area contributed by atoms with Gasteiger partial charge in [0.15, 0.2) is 11.5 Å². The van der Waals surface area contributed by atoms with Crippen LogP contribution in [0.3, 0.4) is 0 Å². The second kappa shape index (κ2) is 7.95. The van der Waals surface area contributed by atoms with Gasteiger partial charge in [-0.15, -0.1) is 0 Å². The lowest BCUT2D eigenvalue weighted by Crippen LogP contribution is -2.15. The molecule has 0 unspecified atom stereocenters. The quantitative estimate of drug-likeness (QED) is 0.420. The molecule has 4 aromatic rings. The molecule has 0 saturated carbocycles. The Morgan fingerprint density at radius 2 is 1.63 bits per heavy atom. The molecule has 150 valence electrons. The highest BCUT2D eigenvalue weighted by Gasteiger charge is 2.23. The lowest BCUT2D eigenvalue weighted by atomic mass is 10.0. The molecule has 4 nitrogen and oxygen atoms in total. The molecular formula is C25H20FNO3. The smallest absolute Gasteiger partial charge is 0.230 e. The van der Waals surface area contributed by atoms with E-state index >= 15 is 0 Å². The number of ketones is 2. The number of benzene rings is 3. The maximum Gasteiger partial charge on any atom is 0.230 e. The number of fused-ring (bicyclic) bond motifs is 1. The molecule has 3 aromatic carbocycles. The Labute approximate surface area is 173 Å². The van der Waals surface area contributed by atoms with Gasteiger partial charge in [0, 0.05) is 16.5 Å². The molecule has 30 heavy (non-hydrogen) atoms. The second-order valence-corrected chi connectivity index (χ2v) is 7.24. The SMILES string of the molecule is Cc1ccc(C(=O)CNc2c(C(=O)c3ccc(C)c(F)c3)oc3ccccc23)cc1. The van der Waals surface area contributed by atoms with Gasteiger partial charge in [-0.25, -0.2) is 4.39 Å². The van der Waals surface area contributed by atoms with E-state index in [2.05, 4.69) is 5.32 Å². The van der Waals surface area contributed by atoms with E-state index in [9.17, 15) is 14.0 Å². The molecule has 0 radical (unpaired) electrons. The zero-order chi connectivity index (χ0) is 21.3. The molecule has 0 aliphatic rings. The van der Waals surface area contributed by atoms with Gasteiger partial charge < -0.3 is 9.73 Å². The van der Waals surface area contributed by atoms with Crippen molar-refractivity contribution >= 4 is 28.2 Å². The maximum atomic E-state index is 14.0. The number of hydrogen-bond donors (Lipinski definition) is 1. The Hall–Kier alpha value is -3.73. The number of aryl methyl sites for hydroxylation is 2. The van der Waals surface area contributed by atoms with E-state index in [-0.39, 0.29) is 23.7 Å². The highest BCUT2D eigenvalue weighted by molar-refractivity contribution is 6.15. The summed E-state index contributed by atoms with van der Waals surface area (Å²) in [5.41, 5.74) is 3.23. The van der Waals surface area contributed by atoms with Crippen LogP contribution in [0.25, 0.3) is 11.0 Å². The summed E-state index contributed by atoms with van der Waals surface area (Å²) in [6.07, 6.45) is 0. The largest absolute Gasteiger partial charge is 0.450 e. The van der Waals surface area contributed by atoms with Gasteiger partial charge in [-0.3, -0.25) is 9.59 Å². The van der Waals surface area contributed by atoms with Crippen molar-refractivity contribution in [3.8, 4) is 0 Å². The van der Waals surface area contributed by atoms with E-state index in [1.165, 1.54) is 6.07 Å². The van der Waals surface area contributed by atoms with E-state index in [0.717, 1.165) is 5.56 Å². The maximum absolute atomic E-state index is 14.0. The minimum absolute atomic E-state index is 0.00483. The molecule has 4 rings (SSSR count). The third kappa shape index (κ3) is 3.74. The molecule has 0 bridgehead atoms. The second-order valence-electron chi connectivity index (χ2n) is 7.24. The number of carbonyl (C=O) groups excluding carboxylic acids is 2. The van der Waals surface area contributed by atoms with E-state index in [1.807, 2.05) is 31.2 Å². The van der Waals surface area contributed by atoms with Crippen LogP contribution in [0.4, 0.5) is 10.1 Å². The van der Waals surface area contributed by atoms with Crippen molar-refractivity contribution in [3.63, 3.8) is 0 Å². The van der Waals surface area contributed by atoms with Gasteiger partial charge in [0.2, 0.25) is 5.78 Å². The molecule has 5 heteroatoms. The monoisotopic (exact) mass is 401 g/mol. The zero-order valence-electron chi connectivity index (χ0n) is 16.7. The Kier molecular flexibility index (Phi) is 5.19. The number of para-hydroxylation sites is 1. The van der Waals surface area contributed by atoms with Gasteiger partial charge in [-0.2, -0.15) is 0 Å². The standard InChI is InChI=1S/C25H20FNO3/c1-15-7-10-17(11-8-15)21(28)14-27-23-19-5-3-4-6-22(19)30-25(23)24(29)18-12-9-16(2)20(26)13-18/h3-13,27H,14H2,1-2H3.